The van der Waals surface area contributed by atoms with Crippen LogP contribution in [0.4, 0.5) is 0 Å². The third-order valence-corrected chi connectivity index (χ3v) is 2.52. The standard InChI is InChI=1S/C10H19.Y/c1-8-4-5-9(2)7-10(3)6-8;/h4,8-10H,5-7H2,1-3H3;/q-1;. The summed E-state index contributed by atoms with van der Waals surface area (Å²) in [5.41, 5.74) is 0. The summed E-state index contributed by atoms with van der Waals surface area (Å²) in [6.07, 6.45) is 6.67. The van der Waals surface area contributed by atoms with Gasteiger partial charge in [0.05, 0.1) is 0 Å². The predicted octanol–water partition coefficient (Wildman–Crippen LogP) is 3.28. The first-order valence-corrected chi connectivity index (χ1v) is 4.51. The van der Waals surface area contributed by atoms with Gasteiger partial charge < -0.3 is 6.42 Å². The van der Waals surface area contributed by atoms with Crippen LogP contribution in [-0.2, 0) is 32.7 Å². The maximum Gasteiger partial charge on any atom is 0 e. The van der Waals surface area contributed by atoms with Crippen molar-refractivity contribution < 1.29 is 32.7 Å². The van der Waals surface area contributed by atoms with E-state index in [9.17, 15) is 0 Å². The molecule has 1 aliphatic rings. The molecule has 0 aliphatic heterocycles. The Balaban J connectivity index is 0.000001000. The van der Waals surface area contributed by atoms with Gasteiger partial charge in [-0.05, 0) is 5.92 Å². The molecular formula is C10H19Y-. The third kappa shape index (κ3) is 4.63. The van der Waals surface area contributed by atoms with E-state index in [2.05, 4.69) is 27.2 Å². The monoisotopic (exact) mass is 228 g/mol. The van der Waals surface area contributed by atoms with E-state index in [-0.39, 0.29) is 32.7 Å². The molecule has 1 rings (SSSR count). The first kappa shape index (κ1) is 12.1. The van der Waals surface area contributed by atoms with Gasteiger partial charge in [0.1, 0.15) is 0 Å². The van der Waals surface area contributed by atoms with Crippen molar-refractivity contribution in [2.45, 2.75) is 40.0 Å². The van der Waals surface area contributed by atoms with E-state index < -0.39 is 0 Å². The van der Waals surface area contributed by atoms with Crippen LogP contribution >= 0.6 is 0 Å². The summed E-state index contributed by atoms with van der Waals surface area (Å²) < 4.78 is 0. The average molecular weight is 228 g/mol. The van der Waals surface area contributed by atoms with Crippen LogP contribution in [0.25, 0.3) is 0 Å². The fourth-order valence-corrected chi connectivity index (χ4v) is 2.07. The summed E-state index contributed by atoms with van der Waals surface area (Å²) in [6.45, 7) is 7.09. The summed E-state index contributed by atoms with van der Waals surface area (Å²) in [5, 5.41) is 0. The zero-order valence-corrected chi connectivity index (χ0v) is 10.8. The molecule has 0 saturated heterocycles. The normalized spacial score (nSPS) is 39.0. The quantitative estimate of drug-likeness (QED) is 0.441. The van der Waals surface area contributed by atoms with Crippen molar-refractivity contribution in [3.63, 3.8) is 0 Å². The summed E-state index contributed by atoms with van der Waals surface area (Å²) in [7, 11) is 0. The van der Waals surface area contributed by atoms with E-state index in [4.69, 9.17) is 0 Å². The Morgan fingerprint density at radius 2 is 1.64 bits per heavy atom. The Labute approximate surface area is 96.4 Å². The van der Waals surface area contributed by atoms with Gasteiger partial charge in [0.15, 0.2) is 0 Å². The maximum atomic E-state index is 2.49. The molecule has 0 amide bonds. The number of rotatable bonds is 0. The number of hydrogen-bond acceptors (Lipinski definition) is 0. The van der Waals surface area contributed by atoms with Gasteiger partial charge in [-0.1, -0.05) is 39.5 Å². The van der Waals surface area contributed by atoms with Gasteiger partial charge in [-0.3, -0.25) is 0 Å². The fraction of sp³-hybridized carbons (Fsp3) is 0.900. The van der Waals surface area contributed by atoms with Crippen molar-refractivity contribution in [3.05, 3.63) is 6.42 Å². The van der Waals surface area contributed by atoms with E-state index in [0.717, 1.165) is 17.8 Å². The topological polar surface area (TPSA) is 0 Å². The molecule has 3 unspecified atom stereocenters. The second-order valence-corrected chi connectivity index (χ2v) is 4.13. The SMILES string of the molecule is CC1[CH-]CC(C)CC(C)C1.[Y]. The first-order valence-electron chi connectivity index (χ1n) is 4.51. The average Bonchev–Trinajstić information content (AvgIpc) is 1.93. The molecule has 1 heteroatoms. The molecule has 1 fully saturated rings. The molecule has 0 aromatic carbocycles. The zero-order valence-electron chi connectivity index (χ0n) is 8.01. The van der Waals surface area contributed by atoms with Crippen molar-refractivity contribution in [1.29, 1.82) is 0 Å². The molecule has 11 heavy (non-hydrogen) atoms. The first-order chi connectivity index (χ1) is 4.68. The second kappa shape index (κ2) is 5.70. The van der Waals surface area contributed by atoms with Gasteiger partial charge in [0.25, 0.3) is 0 Å². The Morgan fingerprint density at radius 1 is 1.00 bits per heavy atom. The minimum atomic E-state index is 0. The van der Waals surface area contributed by atoms with Crippen LogP contribution in [0.3, 0.4) is 0 Å². The Bertz CT molecular complexity index is 89.0. The largest absolute Gasteiger partial charge is 0.325 e. The van der Waals surface area contributed by atoms with Gasteiger partial charge in [0, 0.05) is 32.7 Å². The van der Waals surface area contributed by atoms with Crippen molar-refractivity contribution in [2.24, 2.45) is 17.8 Å². The van der Waals surface area contributed by atoms with E-state index in [0.29, 0.717) is 0 Å². The van der Waals surface area contributed by atoms with E-state index in [1.54, 1.807) is 0 Å². The van der Waals surface area contributed by atoms with Gasteiger partial charge in [-0.2, -0.15) is 12.3 Å². The molecular weight excluding hydrogens is 209 g/mol. The zero-order chi connectivity index (χ0) is 7.56. The van der Waals surface area contributed by atoms with Crippen LogP contribution in [0.1, 0.15) is 40.0 Å². The van der Waals surface area contributed by atoms with Gasteiger partial charge in [-0.15, -0.1) is 0 Å². The summed E-state index contributed by atoms with van der Waals surface area (Å²) in [6, 6.07) is 0. The molecule has 0 aromatic heterocycles. The van der Waals surface area contributed by atoms with E-state index in [1.807, 2.05) is 0 Å². The second-order valence-electron chi connectivity index (χ2n) is 4.13. The number of hydrogen-bond donors (Lipinski definition) is 0. The molecule has 0 nitrogen and oxygen atoms in total. The molecule has 0 heterocycles. The molecule has 0 aromatic rings. The van der Waals surface area contributed by atoms with Crippen molar-refractivity contribution in [1.82, 2.24) is 0 Å². The van der Waals surface area contributed by atoms with Crippen molar-refractivity contribution >= 4 is 0 Å². The van der Waals surface area contributed by atoms with Crippen molar-refractivity contribution in [3.8, 4) is 0 Å². The molecule has 1 saturated carbocycles. The maximum absolute atomic E-state index is 2.49. The molecule has 63 valence electrons. The van der Waals surface area contributed by atoms with Crippen LogP contribution in [0, 0.1) is 24.2 Å². The van der Waals surface area contributed by atoms with Crippen LogP contribution in [0.15, 0.2) is 0 Å². The summed E-state index contributed by atoms with van der Waals surface area (Å²) in [5.74, 6) is 2.74. The van der Waals surface area contributed by atoms with Gasteiger partial charge >= 0.3 is 0 Å². The van der Waals surface area contributed by atoms with Crippen LogP contribution in [0.2, 0.25) is 0 Å². The molecule has 0 bridgehead atoms. The summed E-state index contributed by atoms with van der Waals surface area (Å²) >= 11 is 0. The fourth-order valence-electron chi connectivity index (χ4n) is 2.07. The van der Waals surface area contributed by atoms with Gasteiger partial charge in [-0.25, -0.2) is 0 Å². The molecule has 0 spiro atoms. The van der Waals surface area contributed by atoms with E-state index >= 15 is 0 Å². The minimum absolute atomic E-state index is 0. The molecule has 1 aliphatic carbocycles. The minimum Gasteiger partial charge on any atom is -0.325 e. The molecule has 0 N–H and O–H groups in total. The Hall–Kier alpha value is 1.10. The van der Waals surface area contributed by atoms with Crippen molar-refractivity contribution in [2.75, 3.05) is 0 Å². The summed E-state index contributed by atoms with van der Waals surface area (Å²) in [4.78, 5) is 0. The van der Waals surface area contributed by atoms with Crippen LogP contribution < -0.4 is 0 Å². The predicted molar refractivity (Wildman–Crippen MR) is 45.6 cm³/mol. The third-order valence-electron chi connectivity index (χ3n) is 2.52. The smallest absolute Gasteiger partial charge is 0 e. The van der Waals surface area contributed by atoms with Gasteiger partial charge in [0.2, 0.25) is 0 Å². The molecule has 3 atom stereocenters. The van der Waals surface area contributed by atoms with Crippen LogP contribution in [-0.4, -0.2) is 0 Å². The van der Waals surface area contributed by atoms with Crippen LogP contribution in [0.5, 0.6) is 0 Å². The Morgan fingerprint density at radius 3 is 2.27 bits per heavy atom. The van der Waals surface area contributed by atoms with E-state index in [1.165, 1.54) is 19.3 Å². The molecule has 1 radical (unpaired) electrons. The Kier molecular flexibility index (Phi) is 6.27.